The van der Waals surface area contributed by atoms with Gasteiger partial charge in [0, 0.05) is 12.6 Å². The van der Waals surface area contributed by atoms with E-state index in [2.05, 4.69) is 23.6 Å². The van der Waals surface area contributed by atoms with E-state index in [-0.39, 0.29) is 12.2 Å². The van der Waals surface area contributed by atoms with Crippen molar-refractivity contribution in [3.05, 3.63) is 22.5 Å². The molecule has 0 radical (unpaired) electrons. The molecular weight excluding hydrogens is 268 g/mol. The molecule has 1 aromatic heterocycles. The molecule has 8 heteroatoms. The first-order valence-electron chi connectivity index (χ1n) is 6.10. The highest BCUT2D eigenvalue weighted by atomic mass is 32.2. The summed E-state index contributed by atoms with van der Waals surface area (Å²) in [6.45, 7) is 2.76. The molecular formula is C11H20N4O3S. The van der Waals surface area contributed by atoms with Crippen molar-refractivity contribution in [2.45, 2.75) is 32.0 Å². The number of aliphatic hydroxyl groups excluding tert-OH is 1. The Morgan fingerprint density at radius 3 is 3.00 bits per heavy atom. The number of hydrogen-bond acceptors (Lipinski definition) is 6. The van der Waals surface area contributed by atoms with Crippen LogP contribution < -0.4 is 5.32 Å². The molecule has 0 amide bonds. The van der Waals surface area contributed by atoms with Gasteiger partial charge in [0.25, 0.3) is 0 Å². The molecule has 19 heavy (non-hydrogen) atoms. The van der Waals surface area contributed by atoms with Gasteiger partial charge in [-0.3, -0.25) is 14.8 Å². The highest BCUT2D eigenvalue weighted by Gasteiger charge is 2.12. The summed E-state index contributed by atoms with van der Waals surface area (Å²) in [4.78, 5) is 9.99. The van der Waals surface area contributed by atoms with Crippen LogP contribution in [0.25, 0.3) is 0 Å². The van der Waals surface area contributed by atoms with Crippen LogP contribution in [0, 0.1) is 10.1 Å². The van der Waals surface area contributed by atoms with Crippen LogP contribution in [-0.4, -0.2) is 50.5 Å². The van der Waals surface area contributed by atoms with Crippen LogP contribution in [0.5, 0.6) is 0 Å². The zero-order valence-corrected chi connectivity index (χ0v) is 12.0. The Kier molecular flexibility index (Phi) is 6.82. The van der Waals surface area contributed by atoms with Crippen molar-refractivity contribution in [1.29, 1.82) is 0 Å². The summed E-state index contributed by atoms with van der Waals surface area (Å²) < 4.78 is 1.39. The Labute approximate surface area is 116 Å². The average molecular weight is 288 g/mol. The minimum absolute atomic E-state index is 0.0616. The van der Waals surface area contributed by atoms with Gasteiger partial charge in [-0.1, -0.05) is 0 Å². The number of nitro groups is 1. The van der Waals surface area contributed by atoms with Crippen molar-refractivity contribution >= 4 is 17.4 Å². The normalized spacial score (nSPS) is 14.3. The van der Waals surface area contributed by atoms with Crippen molar-refractivity contribution in [2.75, 3.05) is 18.6 Å². The largest absolute Gasteiger partial charge is 0.390 e. The summed E-state index contributed by atoms with van der Waals surface area (Å²) in [6.07, 6.45) is 4.99. The van der Waals surface area contributed by atoms with Gasteiger partial charge < -0.3 is 10.4 Å². The fourth-order valence-corrected chi connectivity index (χ4v) is 2.15. The molecule has 108 valence electrons. The highest BCUT2D eigenvalue weighted by Crippen LogP contribution is 2.08. The lowest BCUT2D eigenvalue weighted by molar-refractivity contribution is -0.385. The van der Waals surface area contributed by atoms with Gasteiger partial charge in [0.15, 0.2) is 0 Å². The van der Waals surface area contributed by atoms with E-state index in [1.165, 1.54) is 17.1 Å². The number of aliphatic hydroxyl groups is 1. The molecule has 0 saturated heterocycles. The lowest BCUT2D eigenvalue weighted by atomic mass is 10.2. The van der Waals surface area contributed by atoms with Crippen LogP contribution in [0.1, 0.15) is 13.3 Å². The maximum absolute atomic E-state index is 10.5. The van der Waals surface area contributed by atoms with E-state index in [9.17, 15) is 15.2 Å². The smallest absolute Gasteiger partial charge is 0.306 e. The van der Waals surface area contributed by atoms with Crippen molar-refractivity contribution < 1.29 is 10.0 Å². The van der Waals surface area contributed by atoms with Gasteiger partial charge in [0.2, 0.25) is 0 Å². The summed E-state index contributed by atoms with van der Waals surface area (Å²) >= 11 is 1.79. The first-order valence-corrected chi connectivity index (χ1v) is 7.49. The predicted molar refractivity (Wildman–Crippen MR) is 75.4 cm³/mol. The molecule has 0 fully saturated rings. The average Bonchev–Trinajstić information content (AvgIpc) is 2.82. The third kappa shape index (κ3) is 6.04. The Bertz CT molecular complexity index is 399. The Balaban J connectivity index is 2.30. The van der Waals surface area contributed by atoms with Crippen LogP contribution in [-0.2, 0) is 6.54 Å². The Morgan fingerprint density at radius 1 is 1.68 bits per heavy atom. The van der Waals surface area contributed by atoms with Crippen molar-refractivity contribution in [3.8, 4) is 0 Å². The highest BCUT2D eigenvalue weighted by molar-refractivity contribution is 7.98. The van der Waals surface area contributed by atoms with Crippen LogP contribution in [0.15, 0.2) is 12.4 Å². The number of nitrogens with zero attached hydrogens (tertiary/aromatic N) is 3. The zero-order valence-electron chi connectivity index (χ0n) is 11.2. The molecule has 0 aliphatic heterocycles. The molecule has 7 nitrogen and oxygen atoms in total. The van der Waals surface area contributed by atoms with E-state index < -0.39 is 11.0 Å². The Morgan fingerprint density at radius 2 is 2.42 bits per heavy atom. The number of rotatable bonds is 9. The molecule has 0 spiro atoms. The molecule has 0 bridgehead atoms. The summed E-state index contributed by atoms with van der Waals surface area (Å²) in [5, 5.41) is 27.4. The fraction of sp³-hybridized carbons (Fsp3) is 0.727. The van der Waals surface area contributed by atoms with Crippen molar-refractivity contribution in [2.24, 2.45) is 0 Å². The van der Waals surface area contributed by atoms with E-state index >= 15 is 0 Å². The molecule has 0 aliphatic rings. The predicted octanol–water partition coefficient (Wildman–Crippen LogP) is 0.883. The third-order valence-corrected chi connectivity index (χ3v) is 3.33. The summed E-state index contributed by atoms with van der Waals surface area (Å²) in [5.41, 5.74) is -0.0616. The van der Waals surface area contributed by atoms with Crippen molar-refractivity contribution in [1.82, 2.24) is 15.1 Å². The lowest BCUT2D eigenvalue weighted by Gasteiger charge is -2.16. The van der Waals surface area contributed by atoms with Crippen molar-refractivity contribution in [3.63, 3.8) is 0 Å². The van der Waals surface area contributed by atoms with Crippen LogP contribution in [0.2, 0.25) is 0 Å². The lowest BCUT2D eigenvalue weighted by Crippen LogP contribution is -2.36. The van der Waals surface area contributed by atoms with Gasteiger partial charge >= 0.3 is 5.69 Å². The van der Waals surface area contributed by atoms with Crippen LogP contribution >= 0.6 is 11.8 Å². The van der Waals surface area contributed by atoms with E-state index in [4.69, 9.17) is 0 Å². The van der Waals surface area contributed by atoms with E-state index in [1.54, 1.807) is 11.8 Å². The number of nitrogens with one attached hydrogen (secondary N) is 1. The summed E-state index contributed by atoms with van der Waals surface area (Å²) in [7, 11) is 0. The SMILES string of the molecule is CSCCC(C)NCC(O)Cn1cc([N+](=O)[O-])cn1. The van der Waals surface area contributed by atoms with Gasteiger partial charge in [-0.25, -0.2) is 0 Å². The second kappa shape index (κ2) is 8.13. The minimum Gasteiger partial charge on any atom is -0.390 e. The molecule has 1 heterocycles. The molecule has 2 unspecified atom stereocenters. The van der Waals surface area contributed by atoms with Gasteiger partial charge in [-0.05, 0) is 25.4 Å². The number of hydrogen-bond donors (Lipinski definition) is 2. The van der Waals surface area contributed by atoms with Gasteiger partial charge in [-0.2, -0.15) is 16.9 Å². The second-order valence-corrected chi connectivity index (χ2v) is 5.41. The Hall–Kier alpha value is -1.12. The van der Waals surface area contributed by atoms with Gasteiger partial charge in [0.1, 0.15) is 12.4 Å². The first-order chi connectivity index (χ1) is 9.02. The number of aromatic nitrogens is 2. The van der Waals surface area contributed by atoms with Crippen LogP contribution in [0.3, 0.4) is 0 Å². The molecule has 0 aromatic carbocycles. The molecule has 2 atom stereocenters. The maximum Gasteiger partial charge on any atom is 0.306 e. The van der Waals surface area contributed by atoms with E-state index in [0.717, 1.165) is 12.2 Å². The zero-order chi connectivity index (χ0) is 14.3. The molecule has 1 rings (SSSR count). The maximum atomic E-state index is 10.5. The molecule has 1 aromatic rings. The van der Waals surface area contributed by atoms with Crippen LogP contribution in [0.4, 0.5) is 5.69 Å². The number of thioether (sulfide) groups is 1. The topological polar surface area (TPSA) is 93.2 Å². The molecule has 0 saturated carbocycles. The van der Waals surface area contributed by atoms with Gasteiger partial charge in [0.05, 0.1) is 17.6 Å². The van der Waals surface area contributed by atoms with E-state index in [1.807, 2.05) is 0 Å². The fourth-order valence-electron chi connectivity index (χ4n) is 1.56. The first kappa shape index (κ1) is 15.9. The second-order valence-electron chi connectivity index (χ2n) is 4.42. The van der Waals surface area contributed by atoms with E-state index in [0.29, 0.717) is 12.6 Å². The quantitative estimate of drug-likeness (QED) is 0.517. The minimum atomic E-state index is -0.615. The van der Waals surface area contributed by atoms with Gasteiger partial charge in [-0.15, -0.1) is 0 Å². The monoisotopic (exact) mass is 288 g/mol. The standard InChI is InChI=1S/C11H20N4O3S/c1-9(3-4-19-2)12-6-11(16)8-14-7-10(5-13-14)15(17)18/h5,7,9,11-12,16H,3-4,6,8H2,1-2H3. The summed E-state index contributed by atoms with van der Waals surface area (Å²) in [5.74, 6) is 1.08. The summed E-state index contributed by atoms with van der Waals surface area (Å²) in [6, 6.07) is 0.342. The molecule has 2 N–H and O–H groups in total. The third-order valence-electron chi connectivity index (χ3n) is 2.69. The molecule has 0 aliphatic carbocycles.